The van der Waals surface area contributed by atoms with Crippen molar-refractivity contribution in [2.24, 2.45) is 5.92 Å². The van der Waals surface area contributed by atoms with Crippen molar-refractivity contribution in [1.82, 2.24) is 9.88 Å². The molecule has 2 aliphatic heterocycles. The van der Waals surface area contributed by atoms with Gasteiger partial charge in [0.25, 0.3) is 0 Å². The van der Waals surface area contributed by atoms with Crippen LogP contribution in [0, 0.1) is 5.92 Å². The number of rotatable bonds is 9. The largest absolute Gasteiger partial charge is 0.480 e. The number of piperidine rings is 1. The van der Waals surface area contributed by atoms with Gasteiger partial charge in [0.15, 0.2) is 0 Å². The number of pyridine rings is 1. The SMILES string of the molecule is O=C(O)[C@H](c1ccccc1)N1CCC(CCCCCc2ccc3c(n2)NCCC3)CC1. The van der Waals surface area contributed by atoms with Crippen molar-refractivity contribution in [3.05, 3.63) is 59.3 Å². The highest BCUT2D eigenvalue weighted by Gasteiger charge is 2.30. The molecule has 2 N–H and O–H groups in total. The lowest BCUT2D eigenvalue weighted by Gasteiger charge is -2.36. The molecule has 0 amide bonds. The molecule has 0 spiro atoms. The maximum atomic E-state index is 11.9. The molecule has 2 aromatic rings. The van der Waals surface area contributed by atoms with Crippen LogP contribution in [0.5, 0.6) is 0 Å². The number of unbranched alkanes of at least 4 members (excludes halogenated alkanes) is 2. The van der Waals surface area contributed by atoms with Crippen LogP contribution in [-0.2, 0) is 17.6 Å². The molecule has 1 saturated heterocycles. The first kappa shape index (κ1) is 21.8. The Labute approximate surface area is 185 Å². The number of likely N-dealkylation sites (tertiary alicyclic amines) is 1. The molecule has 1 aromatic heterocycles. The number of carbonyl (C=O) groups is 1. The predicted octanol–water partition coefficient (Wildman–Crippen LogP) is 5.08. The highest BCUT2D eigenvalue weighted by molar-refractivity contribution is 5.75. The normalized spacial score (nSPS) is 18.2. The molecule has 5 heteroatoms. The number of aliphatic carboxylic acids is 1. The van der Waals surface area contributed by atoms with Crippen molar-refractivity contribution in [2.45, 2.75) is 63.8 Å². The van der Waals surface area contributed by atoms with Gasteiger partial charge in [-0.1, -0.05) is 55.7 Å². The summed E-state index contributed by atoms with van der Waals surface area (Å²) in [4.78, 5) is 18.8. The molecule has 0 unspecified atom stereocenters. The van der Waals surface area contributed by atoms with E-state index in [4.69, 9.17) is 4.98 Å². The van der Waals surface area contributed by atoms with Crippen molar-refractivity contribution in [3.63, 3.8) is 0 Å². The van der Waals surface area contributed by atoms with Crippen LogP contribution in [0.4, 0.5) is 5.82 Å². The molecule has 31 heavy (non-hydrogen) atoms. The van der Waals surface area contributed by atoms with Gasteiger partial charge in [0, 0.05) is 12.2 Å². The number of hydrogen-bond donors (Lipinski definition) is 2. The summed E-state index contributed by atoms with van der Waals surface area (Å²) in [6, 6.07) is 13.6. The predicted molar refractivity (Wildman–Crippen MR) is 124 cm³/mol. The average Bonchev–Trinajstić information content (AvgIpc) is 2.80. The average molecular weight is 422 g/mol. The summed E-state index contributed by atoms with van der Waals surface area (Å²) in [7, 11) is 0. The second kappa shape index (κ2) is 10.8. The zero-order valence-electron chi connectivity index (χ0n) is 18.4. The van der Waals surface area contributed by atoms with Gasteiger partial charge in [-0.15, -0.1) is 0 Å². The van der Waals surface area contributed by atoms with Gasteiger partial charge in [0.2, 0.25) is 0 Å². The minimum absolute atomic E-state index is 0.513. The molecule has 1 atom stereocenters. The van der Waals surface area contributed by atoms with Crippen molar-refractivity contribution < 1.29 is 9.90 Å². The van der Waals surface area contributed by atoms with Crippen molar-refractivity contribution >= 4 is 11.8 Å². The summed E-state index contributed by atoms with van der Waals surface area (Å²) in [5.74, 6) is 1.09. The Kier molecular flexibility index (Phi) is 7.57. The van der Waals surface area contributed by atoms with E-state index < -0.39 is 12.0 Å². The summed E-state index contributed by atoms with van der Waals surface area (Å²) < 4.78 is 0. The fraction of sp³-hybridized carbons (Fsp3) is 0.538. The van der Waals surface area contributed by atoms with Gasteiger partial charge in [-0.3, -0.25) is 9.69 Å². The lowest BCUT2D eigenvalue weighted by atomic mass is 9.89. The summed E-state index contributed by atoms with van der Waals surface area (Å²) in [6.07, 6.45) is 10.6. The van der Waals surface area contributed by atoms with E-state index in [9.17, 15) is 9.90 Å². The van der Waals surface area contributed by atoms with E-state index >= 15 is 0 Å². The summed E-state index contributed by atoms with van der Waals surface area (Å²) in [6.45, 7) is 2.80. The zero-order chi connectivity index (χ0) is 21.5. The molecule has 2 aliphatic rings. The van der Waals surface area contributed by atoms with Crippen LogP contribution in [0.25, 0.3) is 0 Å². The van der Waals surface area contributed by atoms with E-state index in [-0.39, 0.29) is 0 Å². The lowest BCUT2D eigenvalue weighted by molar-refractivity contribution is -0.144. The number of aryl methyl sites for hydroxylation is 2. The first-order valence-electron chi connectivity index (χ1n) is 11.9. The number of fused-ring (bicyclic) bond motifs is 1. The molecule has 0 bridgehead atoms. The zero-order valence-corrected chi connectivity index (χ0v) is 18.4. The van der Waals surface area contributed by atoms with Crippen molar-refractivity contribution in [1.29, 1.82) is 0 Å². The molecular weight excluding hydrogens is 386 g/mol. The number of anilines is 1. The van der Waals surface area contributed by atoms with Crippen LogP contribution >= 0.6 is 0 Å². The number of carboxylic acid groups (broad SMARTS) is 1. The van der Waals surface area contributed by atoms with Crippen LogP contribution in [0.2, 0.25) is 0 Å². The number of aromatic nitrogens is 1. The topological polar surface area (TPSA) is 65.5 Å². The number of hydrogen-bond acceptors (Lipinski definition) is 4. The van der Waals surface area contributed by atoms with Crippen molar-refractivity contribution in [2.75, 3.05) is 25.0 Å². The van der Waals surface area contributed by atoms with E-state index in [0.29, 0.717) is 0 Å². The summed E-state index contributed by atoms with van der Waals surface area (Å²) in [5, 5.41) is 13.2. The molecule has 0 radical (unpaired) electrons. The Hall–Kier alpha value is -2.40. The fourth-order valence-electron chi connectivity index (χ4n) is 5.07. The fourth-order valence-corrected chi connectivity index (χ4v) is 5.07. The van der Waals surface area contributed by atoms with Crippen LogP contribution < -0.4 is 5.32 Å². The summed E-state index contributed by atoms with van der Waals surface area (Å²) >= 11 is 0. The highest BCUT2D eigenvalue weighted by atomic mass is 16.4. The van der Waals surface area contributed by atoms with E-state index in [1.807, 2.05) is 30.3 Å². The smallest absolute Gasteiger partial charge is 0.325 e. The van der Waals surface area contributed by atoms with Crippen LogP contribution in [-0.4, -0.2) is 40.6 Å². The molecule has 0 saturated carbocycles. The Morgan fingerprint density at radius 2 is 1.90 bits per heavy atom. The van der Waals surface area contributed by atoms with Gasteiger partial charge < -0.3 is 10.4 Å². The molecule has 1 fully saturated rings. The third-order valence-electron chi connectivity index (χ3n) is 6.86. The van der Waals surface area contributed by atoms with E-state index in [0.717, 1.165) is 62.6 Å². The number of nitrogens with zero attached hydrogens (tertiary/aromatic N) is 2. The highest BCUT2D eigenvalue weighted by Crippen LogP contribution is 2.29. The Morgan fingerprint density at radius 1 is 1.10 bits per heavy atom. The van der Waals surface area contributed by atoms with Gasteiger partial charge in [-0.25, -0.2) is 4.98 Å². The van der Waals surface area contributed by atoms with Crippen LogP contribution in [0.3, 0.4) is 0 Å². The summed E-state index contributed by atoms with van der Waals surface area (Å²) in [5.41, 5.74) is 3.46. The lowest BCUT2D eigenvalue weighted by Crippen LogP contribution is -2.40. The molecule has 1 aromatic carbocycles. The molecule has 166 valence electrons. The Balaban J connectivity index is 1.16. The number of nitrogens with one attached hydrogen (secondary N) is 1. The number of carboxylic acids is 1. The van der Waals surface area contributed by atoms with E-state index in [1.165, 1.54) is 43.4 Å². The van der Waals surface area contributed by atoms with Gasteiger partial charge in [0.1, 0.15) is 11.9 Å². The Bertz CT molecular complexity index is 847. The first-order valence-corrected chi connectivity index (χ1v) is 11.9. The van der Waals surface area contributed by atoms with E-state index in [2.05, 4.69) is 22.3 Å². The second-order valence-corrected chi connectivity index (χ2v) is 9.07. The monoisotopic (exact) mass is 421 g/mol. The quantitative estimate of drug-likeness (QED) is 0.553. The van der Waals surface area contributed by atoms with Gasteiger partial charge in [-0.05, 0) is 74.7 Å². The molecule has 4 rings (SSSR count). The standard InChI is InChI=1S/C26H35N3O2/c30-26(31)24(21-9-4-2-5-10-21)29-18-15-20(16-19-29)8-3-1-6-12-23-14-13-22-11-7-17-27-25(22)28-23/h2,4-5,9-10,13-14,20,24H,1,3,6-8,11-12,15-19H2,(H,27,28)(H,30,31)/t24-/m0/s1. The van der Waals surface area contributed by atoms with Crippen LogP contribution in [0.1, 0.15) is 67.8 Å². The third-order valence-corrected chi connectivity index (χ3v) is 6.86. The second-order valence-electron chi connectivity index (χ2n) is 9.07. The van der Waals surface area contributed by atoms with Crippen LogP contribution in [0.15, 0.2) is 42.5 Å². The van der Waals surface area contributed by atoms with E-state index in [1.54, 1.807) is 0 Å². The van der Waals surface area contributed by atoms with Gasteiger partial charge in [0.05, 0.1) is 0 Å². The molecule has 0 aliphatic carbocycles. The van der Waals surface area contributed by atoms with Crippen molar-refractivity contribution in [3.8, 4) is 0 Å². The molecular formula is C26H35N3O2. The minimum atomic E-state index is -0.740. The molecule has 3 heterocycles. The maximum absolute atomic E-state index is 11.9. The molecule has 5 nitrogen and oxygen atoms in total. The maximum Gasteiger partial charge on any atom is 0.325 e. The number of benzene rings is 1. The first-order chi connectivity index (χ1) is 15.2. The third kappa shape index (κ3) is 5.85. The Morgan fingerprint density at radius 3 is 2.68 bits per heavy atom. The minimum Gasteiger partial charge on any atom is -0.480 e. The van der Waals surface area contributed by atoms with Gasteiger partial charge in [-0.2, -0.15) is 0 Å². The van der Waals surface area contributed by atoms with Gasteiger partial charge >= 0.3 is 5.97 Å².